The van der Waals surface area contributed by atoms with E-state index in [0.29, 0.717) is 12.3 Å². The summed E-state index contributed by atoms with van der Waals surface area (Å²) < 4.78 is 11.3. The van der Waals surface area contributed by atoms with Gasteiger partial charge < -0.3 is 19.1 Å². The molecular weight excluding hydrogens is 404 g/mol. The summed E-state index contributed by atoms with van der Waals surface area (Å²) in [5.41, 5.74) is 3.79. The van der Waals surface area contributed by atoms with Crippen LogP contribution in [0.4, 0.5) is 5.69 Å². The average Bonchev–Trinajstić information content (AvgIpc) is 3.18. The SMILES string of the molecule is Cc1cc(CC(=O)N2CCC[C@@H](c3cc(Oc4ccc(N(C)C)cc4)cc(C)n3)C2)on1. The van der Waals surface area contributed by atoms with Crippen molar-refractivity contribution in [2.24, 2.45) is 0 Å². The van der Waals surface area contributed by atoms with Crippen molar-refractivity contribution < 1.29 is 14.1 Å². The molecule has 1 aromatic carbocycles. The Labute approximate surface area is 189 Å². The second-order valence-corrected chi connectivity index (χ2v) is 8.65. The van der Waals surface area contributed by atoms with Gasteiger partial charge in [-0.25, -0.2) is 0 Å². The van der Waals surface area contributed by atoms with E-state index in [2.05, 4.69) is 10.1 Å². The van der Waals surface area contributed by atoms with Crippen molar-refractivity contribution in [1.29, 1.82) is 0 Å². The third kappa shape index (κ3) is 5.28. The molecule has 168 valence electrons. The number of carbonyl (C=O) groups is 1. The third-order valence-electron chi connectivity index (χ3n) is 5.73. The molecule has 0 unspecified atom stereocenters. The molecule has 4 rings (SSSR count). The Hall–Kier alpha value is -3.35. The number of ether oxygens (including phenoxy) is 1. The first-order valence-electron chi connectivity index (χ1n) is 11.0. The Morgan fingerprint density at radius 3 is 2.59 bits per heavy atom. The number of anilines is 1. The number of likely N-dealkylation sites (tertiary alicyclic amines) is 1. The summed E-state index contributed by atoms with van der Waals surface area (Å²) in [5, 5.41) is 3.87. The van der Waals surface area contributed by atoms with Gasteiger partial charge in [0.15, 0.2) is 0 Å². The molecule has 0 saturated carbocycles. The highest BCUT2D eigenvalue weighted by molar-refractivity contribution is 5.78. The lowest BCUT2D eigenvalue weighted by atomic mass is 9.93. The number of rotatable bonds is 6. The smallest absolute Gasteiger partial charge is 0.230 e. The van der Waals surface area contributed by atoms with Gasteiger partial charge in [-0.3, -0.25) is 9.78 Å². The molecule has 0 aliphatic carbocycles. The van der Waals surface area contributed by atoms with Crippen LogP contribution in [0.1, 0.15) is 41.6 Å². The first kappa shape index (κ1) is 21.9. The van der Waals surface area contributed by atoms with Gasteiger partial charge in [0.1, 0.15) is 17.3 Å². The molecule has 0 bridgehead atoms. The van der Waals surface area contributed by atoms with Gasteiger partial charge in [0.2, 0.25) is 5.91 Å². The average molecular weight is 435 g/mol. The number of hydrogen-bond acceptors (Lipinski definition) is 6. The van der Waals surface area contributed by atoms with Gasteiger partial charge in [-0.05, 0) is 51.0 Å². The number of carbonyl (C=O) groups excluding carboxylic acids is 1. The van der Waals surface area contributed by atoms with E-state index in [1.807, 2.05) is 75.3 Å². The van der Waals surface area contributed by atoms with Gasteiger partial charge in [-0.2, -0.15) is 0 Å². The normalized spacial score (nSPS) is 16.1. The van der Waals surface area contributed by atoms with Crippen molar-refractivity contribution >= 4 is 11.6 Å². The highest BCUT2D eigenvalue weighted by Crippen LogP contribution is 2.31. The third-order valence-corrected chi connectivity index (χ3v) is 5.73. The zero-order valence-electron chi connectivity index (χ0n) is 19.2. The molecule has 3 heterocycles. The summed E-state index contributed by atoms with van der Waals surface area (Å²) in [6.45, 7) is 5.24. The topological polar surface area (TPSA) is 71.7 Å². The lowest BCUT2D eigenvalue weighted by Gasteiger charge is -2.32. The maximum Gasteiger partial charge on any atom is 0.230 e. The summed E-state index contributed by atoms with van der Waals surface area (Å²) in [7, 11) is 4.03. The minimum Gasteiger partial charge on any atom is -0.457 e. The molecular formula is C25H30N4O3. The van der Waals surface area contributed by atoms with E-state index in [4.69, 9.17) is 14.2 Å². The fourth-order valence-electron chi connectivity index (χ4n) is 4.08. The molecule has 2 aromatic heterocycles. The van der Waals surface area contributed by atoms with Crippen LogP contribution in [0.3, 0.4) is 0 Å². The molecule has 0 N–H and O–H groups in total. The Bertz CT molecular complexity index is 1080. The van der Waals surface area contributed by atoms with E-state index in [1.165, 1.54) is 0 Å². The molecule has 1 aliphatic heterocycles. The zero-order valence-corrected chi connectivity index (χ0v) is 19.2. The van der Waals surface area contributed by atoms with Crippen LogP contribution in [-0.4, -0.2) is 48.1 Å². The number of amides is 1. The van der Waals surface area contributed by atoms with Crippen LogP contribution in [0, 0.1) is 13.8 Å². The van der Waals surface area contributed by atoms with Gasteiger partial charge in [0.25, 0.3) is 0 Å². The van der Waals surface area contributed by atoms with Crippen LogP contribution in [0.25, 0.3) is 0 Å². The van der Waals surface area contributed by atoms with Gasteiger partial charge in [-0.15, -0.1) is 0 Å². The number of aromatic nitrogens is 2. The Morgan fingerprint density at radius 2 is 1.91 bits per heavy atom. The monoisotopic (exact) mass is 434 g/mol. The van der Waals surface area contributed by atoms with Crippen molar-refractivity contribution in [3.8, 4) is 11.5 Å². The summed E-state index contributed by atoms with van der Waals surface area (Å²) in [6.07, 6.45) is 2.19. The van der Waals surface area contributed by atoms with Crippen LogP contribution >= 0.6 is 0 Å². The molecule has 1 fully saturated rings. The number of piperidine rings is 1. The standard InChI is InChI=1S/C25H30N4O3/c1-17-12-22(31-21-9-7-20(8-10-21)28(3)4)14-24(26-17)19-6-5-11-29(16-19)25(30)15-23-13-18(2)27-32-23/h7-10,12-14,19H,5-6,11,15-16H2,1-4H3/t19-/m1/s1. The van der Waals surface area contributed by atoms with E-state index >= 15 is 0 Å². The van der Waals surface area contributed by atoms with Gasteiger partial charge in [0, 0.05) is 68.4 Å². The number of pyridine rings is 1. The van der Waals surface area contributed by atoms with Crippen molar-refractivity contribution in [2.75, 3.05) is 32.1 Å². The Balaban J connectivity index is 1.45. The number of aryl methyl sites for hydroxylation is 2. The van der Waals surface area contributed by atoms with Gasteiger partial charge in [0.05, 0.1) is 12.1 Å². The van der Waals surface area contributed by atoms with Gasteiger partial charge >= 0.3 is 0 Å². The molecule has 0 spiro atoms. The van der Waals surface area contributed by atoms with Crippen LogP contribution in [0.2, 0.25) is 0 Å². The van der Waals surface area contributed by atoms with Gasteiger partial charge in [-0.1, -0.05) is 5.16 Å². The van der Waals surface area contributed by atoms with E-state index < -0.39 is 0 Å². The van der Waals surface area contributed by atoms with E-state index in [0.717, 1.165) is 53.7 Å². The summed E-state index contributed by atoms with van der Waals surface area (Å²) in [6, 6.07) is 13.8. The highest BCUT2D eigenvalue weighted by Gasteiger charge is 2.27. The summed E-state index contributed by atoms with van der Waals surface area (Å²) in [4.78, 5) is 21.5. The van der Waals surface area contributed by atoms with Crippen LogP contribution < -0.4 is 9.64 Å². The maximum absolute atomic E-state index is 12.8. The van der Waals surface area contributed by atoms with Crippen LogP contribution in [0.5, 0.6) is 11.5 Å². The zero-order chi connectivity index (χ0) is 22.7. The molecule has 7 heteroatoms. The molecule has 32 heavy (non-hydrogen) atoms. The predicted molar refractivity (Wildman–Crippen MR) is 123 cm³/mol. The predicted octanol–water partition coefficient (Wildman–Crippen LogP) is 4.49. The molecule has 7 nitrogen and oxygen atoms in total. The maximum atomic E-state index is 12.8. The van der Waals surface area contributed by atoms with E-state index in [-0.39, 0.29) is 18.2 Å². The molecule has 1 amide bonds. The number of benzene rings is 1. The molecule has 1 aliphatic rings. The van der Waals surface area contributed by atoms with Crippen LogP contribution in [0.15, 0.2) is 47.0 Å². The molecule has 1 atom stereocenters. The second-order valence-electron chi connectivity index (χ2n) is 8.65. The van der Waals surface area contributed by atoms with Crippen molar-refractivity contribution in [3.05, 3.63) is 65.3 Å². The first-order chi connectivity index (χ1) is 15.4. The first-order valence-corrected chi connectivity index (χ1v) is 11.0. The summed E-state index contributed by atoms with van der Waals surface area (Å²) >= 11 is 0. The molecule has 0 radical (unpaired) electrons. The number of hydrogen-bond donors (Lipinski definition) is 0. The van der Waals surface area contributed by atoms with E-state index in [9.17, 15) is 4.79 Å². The van der Waals surface area contributed by atoms with E-state index in [1.54, 1.807) is 0 Å². The van der Waals surface area contributed by atoms with Crippen molar-refractivity contribution in [2.45, 2.75) is 39.0 Å². The Morgan fingerprint density at radius 1 is 1.12 bits per heavy atom. The lowest BCUT2D eigenvalue weighted by Crippen LogP contribution is -2.40. The fourth-order valence-corrected chi connectivity index (χ4v) is 4.08. The van der Waals surface area contributed by atoms with Crippen LogP contribution in [-0.2, 0) is 11.2 Å². The Kier molecular flexibility index (Phi) is 6.44. The minimum absolute atomic E-state index is 0.0657. The van der Waals surface area contributed by atoms with Crippen molar-refractivity contribution in [3.63, 3.8) is 0 Å². The second kappa shape index (κ2) is 9.42. The fraction of sp³-hybridized carbons (Fsp3) is 0.400. The number of nitrogens with zero attached hydrogens (tertiary/aromatic N) is 4. The quantitative estimate of drug-likeness (QED) is 0.569. The lowest BCUT2D eigenvalue weighted by molar-refractivity contribution is -0.132. The molecule has 3 aromatic rings. The highest BCUT2D eigenvalue weighted by atomic mass is 16.5. The largest absolute Gasteiger partial charge is 0.457 e. The van der Waals surface area contributed by atoms with Crippen molar-refractivity contribution in [1.82, 2.24) is 15.0 Å². The minimum atomic E-state index is 0.0657. The summed E-state index contributed by atoms with van der Waals surface area (Å²) in [5.74, 6) is 2.42. The molecule has 1 saturated heterocycles.